The number of rotatable bonds is 2. The summed E-state index contributed by atoms with van der Waals surface area (Å²) in [6.45, 7) is 0. The average Bonchev–Trinajstić information content (AvgIpc) is 2.62. The molecule has 52 valence electrons. The number of hydrogen-bond acceptors (Lipinski definition) is 3. The molecule has 0 unspecified atom stereocenters. The van der Waals surface area contributed by atoms with Crippen LogP contribution in [0.15, 0.2) is 0 Å². The van der Waals surface area contributed by atoms with Gasteiger partial charge >= 0.3 is 18.9 Å². The van der Waals surface area contributed by atoms with Gasteiger partial charge in [-0.25, -0.2) is 6.29 Å². The molecule has 2 fully saturated rings. The maximum Gasteiger partial charge on any atom is 1.00 e. The Kier molecular flexibility index (Phi) is 3.61. The van der Waals surface area contributed by atoms with Crippen molar-refractivity contribution >= 4 is 6.29 Å². The number of hydrogen-bond donors (Lipinski definition) is 1. The topological polar surface area (TPSA) is 69.0 Å². The van der Waals surface area contributed by atoms with Crippen LogP contribution < -0.4 is 24.2 Å². The largest absolute Gasteiger partial charge is 1.00 e. The molecule has 1 saturated heterocycles. The molecule has 2 rings (SSSR count). The molecule has 1 heterocycles. The van der Waals surface area contributed by atoms with Crippen molar-refractivity contribution in [3.63, 3.8) is 0 Å². The van der Waals surface area contributed by atoms with E-state index in [4.69, 9.17) is 0 Å². The quantitative estimate of drug-likeness (QED) is 0.244. The van der Waals surface area contributed by atoms with Crippen LogP contribution in [0.25, 0.3) is 0 Å². The third-order valence-corrected chi connectivity index (χ3v) is 1.88. The fraction of sp³-hybridized carbons (Fsp3) is 0.833. The van der Waals surface area contributed by atoms with Crippen LogP contribution in [-0.4, -0.2) is 23.8 Å². The third-order valence-electron chi connectivity index (χ3n) is 1.88. The molecule has 0 aromatic heterocycles. The van der Waals surface area contributed by atoms with Gasteiger partial charge in [0.25, 0.3) is 0 Å². The summed E-state index contributed by atoms with van der Waals surface area (Å²) < 4.78 is 0. The standard InChI is InChI=1S/C6H8NO.Li.H2O/c8-3-5-6(7-5)4-1-2-4;;/h4-7H,1-2H2;;1H2/q-1;+1;/p-1/t5-,6-;;/m1../s1. The third kappa shape index (κ3) is 1.83. The molecule has 0 aromatic rings. The van der Waals surface area contributed by atoms with E-state index in [2.05, 4.69) is 5.32 Å². The van der Waals surface area contributed by atoms with Crippen LogP contribution in [0.2, 0.25) is 0 Å². The first kappa shape index (κ1) is 10.2. The Bertz CT molecular complexity index is 127. The van der Waals surface area contributed by atoms with Gasteiger partial charge in [0, 0.05) is 0 Å². The van der Waals surface area contributed by atoms with Crippen LogP contribution in [0.5, 0.6) is 0 Å². The second kappa shape index (κ2) is 3.54. The van der Waals surface area contributed by atoms with E-state index in [9.17, 15) is 4.79 Å². The molecule has 10 heavy (non-hydrogen) atoms. The van der Waals surface area contributed by atoms with Crippen LogP contribution in [-0.2, 0) is 4.79 Å². The van der Waals surface area contributed by atoms with Gasteiger partial charge in [-0.2, -0.15) is 0 Å². The molecule has 0 radical (unpaired) electrons. The first-order valence-electron chi connectivity index (χ1n) is 3.05. The van der Waals surface area contributed by atoms with Crippen LogP contribution in [0, 0.1) is 5.92 Å². The first-order chi connectivity index (χ1) is 3.92. The van der Waals surface area contributed by atoms with Gasteiger partial charge in [-0.1, -0.05) is 6.04 Å². The van der Waals surface area contributed by atoms with Gasteiger partial charge in [0.15, 0.2) is 0 Å². The Morgan fingerprint density at radius 3 is 2.30 bits per heavy atom. The second-order valence-electron chi connectivity index (χ2n) is 2.63. The van der Waals surface area contributed by atoms with E-state index in [0.717, 1.165) is 5.92 Å². The normalized spacial score (nSPS) is 35.2. The van der Waals surface area contributed by atoms with Crippen molar-refractivity contribution in [2.45, 2.75) is 24.9 Å². The van der Waals surface area contributed by atoms with Crippen molar-refractivity contribution < 1.29 is 29.1 Å². The van der Waals surface area contributed by atoms with E-state index in [-0.39, 0.29) is 30.4 Å². The van der Waals surface area contributed by atoms with Gasteiger partial charge in [-0.3, -0.25) is 0 Å². The molecule has 4 heteroatoms. The van der Waals surface area contributed by atoms with Crippen LogP contribution in [0.4, 0.5) is 0 Å². The van der Waals surface area contributed by atoms with Crippen molar-refractivity contribution in [3.8, 4) is 0 Å². The summed E-state index contributed by atoms with van der Waals surface area (Å²) in [6.07, 6.45) is 4.58. The Labute approximate surface area is 72.0 Å². The molecule has 1 aliphatic carbocycles. The minimum Gasteiger partial charge on any atom is -0.870 e. The van der Waals surface area contributed by atoms with E-state index < -0.39 is 0 Å². The molecule has 2 N–H and O–H groups in total. The zero-order chi connectivity index (χ0) is 5.56. The van der Waals surface area contributed by atoms with Crippen molar-refractivity contribution in [1.82, 2.24) is 5.32 Å². The molecule has 2 atom stereocenters. The Balaban J connectivity index is 0.000000405. The summed E-state index contributed by atoms with van der Waals surface area (Å²) in [5.74, 6) is 0.821. The predicted molar refractivity (Wildman–Crippen MR) is 31.1 cm³/mol. The van der Waals surface area contributed by atoms with Crippen molar-refractivity contribution in [1.29, 1.82) is 0 Å². The summed E-state index contributed by atoms with van der Waals surface area (Å²) in [7, 11) is 0. The number of carbonyl (C=O) groups excluding carboxylic acids is 1. The fourth-order valence-corrected chi connectivity index (χ4v) is 1.12. The molecule has 0 spiro atoms. The molecular formula is C6H9LiNO2-. The molecule has 0 amide bonds. The van der Waals surface area contributed by atoms with E-state index in [0.29, 0.717) is 6.04 Å². The maximum atomic E-state index is 9.92. The van der Waals surface area contributed by atoms with Crippen molar-refractivity contribution in [2.24, 2.45) is 5.92 Å². The molecule has 1 aliphatic heterocycles. The molecule has 1 saturated carbocycles. The summed E-state index contributed by atoms with van der Waals surface area (Å²) in [4.78, 5) is 9.92. The molecular weight excluding hydrogens is 125 g/mol. The van der Waals surface area contributed by atoms with E-state index >= 15 is 0 Å². The molecule has 0 aromatic carbocycles. The SMILES string of the molecule is O=[C-][C@H]1N[C@@H]1C1CC1.[Li+].[OH-]. The van der Waals surface area contributed by atoms with Crippen LogP contribution in [0.1, 0.15) is 12.8 Å². The van der Waals surface area contributed by atoms with Crippen molar-refractivity contribution in [2.75, 3.05) is 0 Å². The average molecular weight is 134 g/mol. The summed E-state index contributed by atoms with van der Waals surface area (Å²) >= 11 is 0. The smallest absolute Gasteiger partial charge is 0.870 e. The zero-order valence-electron chi connectivity index (χ0n) is 6.00. The fourth-order valence-electron chi connectivity index (χ4n) is 1.12. The van der Waals surface area contributed by atoms with Crippen LogP contribution in [0.3, 0.4) is 0 Å². The Morgan fingerprint density at radius 2 is 2.00 bits per heavy atom. The van der Waals surface area contributed by atoms with E-state index in [1.54, 1.807) is 0 Å². The molecule has 0 bridgehead atoms. The van der Waals surface area contributed by atoms with E-state index in [1.165, 1.54) is 12.8 Å². The van der Waals surface area contributed by atoms with Crippen LogP contribution >= 0.6 is 0 Å². The molecule has 2 aliphatic rings. The number of nitrogens with one attached hydrogen (secondary N) is 1. The summed E-state index contributed by atoms with van der Waals surface area (Å²) in [5.41, 5.74) is 0. The van der Waals surface area contributed by atoms with Gasteiger partial charge < -0.3 is 15.6 Å². The molecule has 3 nitrogen and oxygen atoms in total. The minimum absolute atomic E-state index is 0. The van der Waals surface area contributed by atoms with Gasteiger partial charge in [0.2, 0.25) is 0 Å². The van der Waals surface area contributed by atoms with Gasteiger partial charge in [-0.05, 0) is 24.8 Å². The summed E-state index contributed by atoms with van der Waals surface area (Å²) in [6, 6.07) is 0.620. The minimum atomic E-state index is 0. The van der Waals surface area contributed by atoms with Gasteiger partial charge in [-0.15, -0.1) is 0 Å². The predicted octanol–water partition coefficient (Wildman–Crippen LogP) is -3.33. The van der Waals surface area contributed by atoms with Gasteiger partial charge in [0.1, 0.15) is 0 Å². The zero-order valence-corrected chi connectivity index (χ0v) is 6.00. The Morgan fingerprint density at radius 1 is 1.40 bits per heavy atom. The monoisotopic (exact) mass is 134 g/mol. The van der Waals surface area contributed by atoms with Gasteiger partial charge in [0.05, 0.1) is 0 Å². The maximum absolute atomic E-state index is 9.92. The second-order valence-corrected chi connectivity index (χ2v) is 2.63. The Hall–Kier alpha value is 0.187. The van der Waals surface area contributed by atoms with E-state index in [1.807, 2.05) is 6.29 Å². The summed E-state index contributed by atoms with van der Waals surface area (Å²) in [5, 5.41) is 3.06. The first-order valence-corrected chi connectivity index (χ1v) is 3.05. The van der Waals surface area contributed by atoms with Crippen molar-refractivity contribution in [3.05, 3.63) is 0 Å².